The third-order valence-electron chi connectivity index (χ3n) is 4.40. The second-order valence-corrected chi connectivity index (χ2v) is 7.23. The third-order valence-corrected chi connectivity index (χ3v) is 4.40. The van der Waals surface area contributed by atoms with E-state index in [2.05, 4.69) is 35.9 Å². The number of benzene rings is 2. The minimum atomic E-state index is -0.407. The lowest BCUT2D eigenvalue weighted by molar-refractivity contribution is 0.0905. The number of amides is 1. The number of carbonyl (C=O) groups excluding carboxylic acids is 1. The first-order valence-corrected chi connectivity index (χ1v) is 8.81. The number of nitrogens with zero attached hydrogens (tertiary/aromatic N) is 1. The Morgan fingerprint density at radius 3 is 2.54 bits per heavy atom. The summed E-state index contributed by atoms with van der Waals surface area (Å²) in [7, 11) is 0. The van der Waals surface area contributed by atoms with Crippen LogP contribution in [0.3, 0.4) is 0 Å². The van der Waals surface area contributed by atoms with Crippen molar-refractivity contribution in [2.75, 3.05) is 0 Å². The predicted octanol–water partition coefficient (Wildman–Crippen LogP) is 4.93. The maximum atomic E-state index is 12.9. The average molecular weight is 344 g/mol. The molecular weight excluding hydrogens is 320 g/mol. The van der Waals surface area contributed by atoms with E-state index in [-0.39, 0.29) is 5.91 Å². The van der Waals surface area contributed by atoms with Crippen LogP contribution in [0.4, 0.5) is 0 Å². The van der Waals surface area contributed by atoms with Crippen molar-refractivity contribution < 1.29 is 4.79 Å². The van der Waals surface area contributed by atoms with Crippen LogP contribution in [0.5, 0.6) is 0 Å². The van der Waals surface area contributed by atoms with Crippen molar-refractivity contribution in [3.8, 4) is 0 Å². The first kappa shape index (κ1) is 17.9. The van der Waals surface area contributed by atoms with Crippen molar-refractivity contribution in [1.29, 1.82) is 0 Å². The molecule has 1 atom stereocenters. The number of fused-ring (bicyclic) bond motifs is 1. The van der Waals surface area contributed by atoms with E-state index >= 15 is 0 Å². The van der Waals surface area contributed by atoms with Gasteiger partial charge in [-0.3, -0.25) is 9.78 Å². The van der Waals surface area contributed by atoms with Crippen molar-refractivity contribution in [1.82, 2.24) is 10.3 Å². The fourth-order valence-electron chi connectivity index (χ4n) is 3.40. The molecule has 0 aliphatic rings. The zero-order valence-corrected chi connectivity index (χ0v) is 15.3. The summed E-state index contributed by atoms with van der Waals surface area (Å²) in [6, 6.07) is 19.9. The molecule has 3 rings (SSSR count). The highest BCUT2D eigenvalue weighted by Gasteiger charge is 2.27. The molecule has 0 bridgehead atoms. The molecule has 3 aromatic rings. The Morgan fingerprint density at radius 2 is 1.81 bits per heavy atom. The number of hydrogen-bond acceptors (Lipinski definition) is 2. The highest BCUT2D eigenvalue weighted by molar-refractivity contribution is 5.97. The lowest BCUT2D eigenvalue weighted by Gasteiger charge is -2.31. The van der Waals surface area contributed by atoms with Gasteiger partial charge >= 0.3 is 0 Å². The number of nitrogens with one attached hydrogen (secondary N) is 1. The molecule has 0 saturated heterocycles. The van der Waals surface area contributed by atoms with Crippen molar-refractivity contribution >= 4 is 16.8 Å². The van der Waals surface area contributed by atoms with Gasteiger partial charge in [0.15, 0.2) is 0 Å². The maximum Gasteiger partial charge on any atom is 0.253 e. The molecule has 0 fully saturated rings. The molecule has 26 heavy (non-hydrogen) atoms. The van der Waals surface area contributed by atoms with Crippen LogP contribution in [0.1, 0.15) is 36.2 Å². The number of para-hydroxylation sites is 1. The summed E-state index contributed by atoms with van der Waals surface area (Å²) in [5, 5.41) is 4.18. The normalized spacial score (nSPS) is 13.2. The third kappa shape index (κ3) is 4.37. The summed E-state index contributed by atoms with van der Waals surface area (Å²) < 4.78 is 0. The molecule has 0 spiro atoms. The minimum absolute atomic E-state index is 0.108. The number of rotatable bonds is 6. The predicted molar refractivity (Wildman–Crippen MR) is 107 cm³/mol. The fraction of sp³-hybridized carbons (Fsp3) is 0.217. The maximum absolute atomic E-state index is 12.9. The summed E-state index contributed by atoms with van der Waals surface area (Å²) in [4.78, 5) is 17.3. The molecule has 1 aromatic heterocycles. The molecule has 0 radical (unpaired) electrons. The molecule has 0 aliphatic carbocycles. The molecule has 1 amide bonds. The number of carbonyl (C=O) groups is 1. The Bertz CT molecular complexity index is 933. The summed E-state index contributed by atoms with van der Waals surface area (Å²) in [5.74, 6) is -0.108. The largest absolute Gasteiger partial charge is 0.346 e. The van der Waals surface area contributed by atoms with Gasteiger partial charge in [0.2, 0.25) is 0 Å². The lowest BCUT2D eigenvalue weighted by Crippen LogP contribution is -2.48. The first-order chi connectivity index (χ1) is 12.5. The van der Waals surface area contributed by atoms with E-state index in [4.69, 9.17) is 0 Å². The van der Waals surface area contributed by atoms with Crippen LogP contribution in [-0.4, -0.2) is 16.4 Å². The van der Waals surface area contributed by atoms with Crippen LogP contribution < -0.4 is 5.32 Å². The van der Waals surface area contributed by atoms with Crippen molar-refractivity contribution in [2.24, 2.45) is 0 Å². The Labute approximate surface area is 154 Å². The van der Waals surface area contributed by atoms with Gasteiger partial charge in [0, 0.05) is 17.1 Å². The molecular formula is C23H24N2O. The molecule has 3 nitrogen and oxygen atoms in total. The van der Waals surface area contributed by atoms with Gasteiger partial charge in [-0.15, -0.1) is 6.58 Å². The summed E-state index contributed by atoms with van der Waals surface area (Å²) in [5.41, 5.74) is 3.28. The van der Waals surface area contributed by atoms with Crippen LogP contribution >= 0.6 is 0 Å². The standard InChI is InChI=1S/C23H24N2O/c1-17(2)14-23(3,15-18-9-5-4-6-10-18)25-22(26)20-13-19-11-7-8-12-21(19)24-16-20/h4-13,16H,1,14-15H2,2-3H3,(H,25,26). The Kier molecular flexibility index (Phi) is 5.17. The molecule has 132 valence electrons. The van der Waals surface area contributed by atoms with Gasteiger partial charge in [0.05, 0.1) is 11.1 Å². The quantitative estimate of drug-likeness (QED) is 0.644. The van der Waals surface area contributed by atoms with E-state index < -0.39 is 5.54 Å². The van der Waals surface area contributed by atoms with Crippen LogP contribution in [0.25, 0.3) is 10.9 Å². The molecule has 3 heteroatoms. The molecule has 1 unspecified atom stereocenters. The van der Waals surface area contributed by atoms with Crippen molar-refractivity contribution in [2.45, 2.75) is 32.2 Å². The van der Waals surface area contributed by atoms with E-state index in [9.17, 15) is 4.79 Å². The number of hydrogen-bond donors (Lipinski definition) is 1. The van der Waals surface area contributed by atoms with Crippen LogP contribution in [0.2, 0.25) is 0 Å². The minimum Gasteiger partial charge on any atom is -0.346 e. The van der Waals surface area contributed by atoms with E-state index in [1.807, 2.05) is 55.5 Å². The average Bonchev–Trinajstić information content (AvgIpc) is 2.61. The highest BCUT2D eigenvalue weighted by Crippen LogP contribution is 2.22. The van der Waals surface area contributed by atoms with Crippen molar-refractivity contribution in [3.05, 3.63) is 90.1 Å². The van der Waals surface area contributed by atoms with Gasteiger partial charge in [-0.1, -0.05) is 54.1 Å². The first-order valence-electron chi connectivity index (χ1n) is 8.81. The van der Waals surface area contributed by atoms with Crippen LogP contribution in [0, 0.1) is 0 Å². The monoisotopic (exact) mass is 344 g/mol. The van der Waals surface area contributed by atoms with Gasteiger partial charge in [-0.2, -0.15) is 0 Å². The van der Waals surface area contributed by atoms with Gasteiger partial charge in [-0.25, -0.2) is 0 Å². The van der Waals surface area contributed by atoms with E-state index in [0.29, 0.717) is 12.0 Å². The summed E-state index contributed by atoms with van der Waals surface area (Å²) in [6.07, 6.45) is 3.10. The van der Waals surface area contributed by atoms with E-state index in [1.165, 1.54) is 5.56 Å². The summed E-state index contributed by atoms with van der Waals surface area (Å²) >= 11 is 0. The van der Waals surface area contributed by atoms with E-state index in [1.54, 1.807) is 6.20 Å². The van der Waals surface area contributed by atoms with Gasteiger partial charge in [0.25, 0.3) is 5.91 Å². The zero-order chi connectivity index (χ0) is 18.6. The van der Waals surface area contributed by atoms with Crippen molar-refractivity contribution in [3.63, 3.8) is 0 Å². The smallest absolute Gasteiger partial charge is 0.253 e. The Hall–Kier alpha value is -2.94. The number of aromatic nitrogens is 1. The second-order valence-electron chi connectivity index (χ2n) is 7.23. The van der Waals surface area contributed by atoms with Gasteiger partial charge in [0.1, 0.15) is 0 Å². The fourth-order valence-corrected chi connectivity index (χ4v) is 3.40. The zero-order valence-electron chi connectivity index (χ0n) is 15.3. The van der Waals surface area contributed by atoms with Crippen LogP contribution in [-0.2, 0) is 6.42 Å². The molecule has 0 saturated carbocycles. The van der Waals surface area contributed by atoms with Gasteiger partial charge < -0.3 is 5.32 Å². The second kappa shape index (κ2) is 7.52. The Morgan fingerprint density at radius 1 is 1.12 bits per heavy atom. The Balaban J connectivity index is 1.84. The SMILES string of the molecule is C=C(C)CC(C)(Cc1ccccc1)NC(=O)c1cnc2ccccc2c1. The molecule has 2 aromatic carbocycles. The van der Waals surface area contributed by atoms with E-state index in [0.717, 1.165) is 22.9 Å². The van der Waals surface area contributed by atoms with Gasteiger partial charge in [-0.05, 0) is 44.4 Å². The van der Waals surface area contributed by atoms with Crippen LogP contribution in [0.15, 0.2) is 79.0 Å². The topological polar surface area (TPSA) is 42.0 Å². The lowest BCUT2D eigenvalue weighted by atomic mass is 9.86. The summed E-state index contributed by atoms with van der Waals surface area (Å²) in [6.45, 7) is 8.10. The highest BCUT2D eigenvalue weighted by atomic mass is 16.1. The molecule has 1 N–H and O–H groups in total. The molecule has 0 aliphatic heterocycles. The number of pyridine rings is 1. The molecule has 1 heterocycles.